The molecule has 118 valence electrons. The molecule has 4 rings (SSSR count). The van der Waals surface area contributed by atoms with Crippen molar-refractivity contribution in [2.75, 3.05) is 7.11 Å². The molecule has 4 aromatic rings. The number of methoxy groups -OCH3 is 1. The second kappa shape index (κ2) is 5.94. The fourth-order valence-corrected chi connectivity index (χ4v) is 2.79. The molecule has 2 aromatic carbocycles. The highest BCUT2D eigenvalue weighted by molar-refractivity contribution is 6.32. The zero-order valence-electron chi connectivity index (χ0n) is 12.8. The fourth-order valence-electron chi connectivity index (χ4n) is 2.55. The molecule has 24 heavy (non-hydrogen) atoms. The van der Waals surface area contributed by atoms with Crippen LogP contribution in [0.3, 0.4) is 0 Å². The third-order valence-electron chi connectivity index (χ3n) is 3.78. The molecule has 0 bridgehead atoms. The van der Waals surface area contributed by atoms with Gasteiger partial charge in [-0.1, -0.05) is 54.1 Å². The van der Waals surface area contributed by atoms with Crippen LogP contribution in [-0.2, 0) is 0 Å². The Morgan fingerprint density at radius 1 is 0.917 bits per heavy atom. The summed E-state index contributed by atoms with van der Waals surface area (Å²) < 4.78 is 6.84. The van der Waals surface area contributed by atoms with E-state index in [1.165, 1.54) is 0 Å². The van der Waals surface area contributed by atoms with Gasteiger partial charge in [-0.05, 0) is 23.8 Å². The summed E-state index contributed by atoms with van der Waals surface area (Å²) in [7, 11) is 1.64. The second-order valence-electron chi connectivity index (χ2n) is 5.24. The predicted octanol–water partition coefficient (Wildman–Crippen LogP) is 4.12. The van der Waals surface area contributed by atoms with Crippen molar-refractivity contribution in [1.29, 1.82) is 0 Å². The fraction of sp³-hybridized carbons (Fsp3) is 0.0556. The number of benzene rings is 2. The molecule has 2 aromatic heterocycles. The van der Waals surface area contributed by atoms with E-state index in [9.17, 15) is 0 Å². The number of fused-ring (bicyclic) bond motifs is 1. The summed E-state index contributed by atoms with van der Waals surface area (Å²) in [5, 5.41) is 13.3. The number of hydrogen-bond donors (Lipinski definition) is 0. The smallest absolute Gasteiger partial charge is 0.185 e. The maximum atomic E-state index is 6.41. The summed E-state index contributed by atoms with van der Waals surface area (Å²) in [5.74, 6) is 1.45. The van der Waals surface area contributed by atoms with Gasteiger partial charge < -0.3 is 4.74 Å². The van der Waals surface area contributed by atoms with Gasteiger partial charge >= 0.3 is 0 Å². The molecule has 5 nitrogen and oxygen atoms in total. The maximum absolute atomic E-state index is 6.41. The topological polar surface area (TPSA) is 52.3 Å². The number of rotatable bonds is 3. The molecule has 0 unspecified atom stereocenters. The lowest BCUT2D eigenvalue weighted by atomic mass is 10.1. The second-order valence-corrected chi connectivity index (χ2v) is 5.59. The monoisotopic (exact) mass is 336 g/mol. The first-order valence-electron chi connectivity index (χ1n) is 7.38. The molecule has 0 fully saturated rings. The van der Waals surface area contributed by atoms with E-state index in [1.807, 2.05) is 60.7 Å². The van der Waals surface area contributed by atoms with Crippen molar-refractivity contribution < 1.29 is 4.74 Å². The average Bonchev–Trinajstić information content (AvgIpc) is 3.04. The number of nitrogens with zero attached hydrogens (tertiary/aromatic N) is 4. The van der Waals surface area contributed by atoms with Crippen molar-refractivity contribution in [2.45, 2.75) is 0 Å². The Bertz CT molecular complexity index is 997. The molecule has 0 saturated heterocycles. The summed E-state index contributed by atoms with van der Waals surface area (Å²) >= 11 is 6.41. The number of ether oxygens (including phenoxy) is 1. The van der Waals surface area contributed by atoms with Gasteiger partial charge in [-0.2, -0.15) is 9.61 Å². The van der Waals surface area contributed by atoms with E-state index in [0.717, 1.165) is 22.4 Å². The lowest BCUT2D eigenvalue weighted by Gasteiger charge is -2.06. The van der Waals surface area contributed by atoms with Crippen LogP contribution in [0.5, 0.6) is 5.75 Å². The van der Waals surface area contributed by atoms with Crippen molar-refractivity contribution in [3.8, 4) is 28.3 Å². The number of hydrogen-bond acceptors (Lipinski definition) is 4. The van der Waals surface area contributed by atoms with E-state index in [4.69, 9.17) is 16.3 Å². The molecular formula is C18H13ClN4O. The summed E-state index contributed by atoms with van der Waals surface area (Å²) in [5.41, 5.74) is 3.33. The summed E-state index contributed by atoms with van der Waals surface area (Å²) in [6, 6.07) is 19.3. The van der Waals surface area contributed by atoms with Crippen LogP contribution in [0.2, 0.25) is 5.15 Å². The third kappa shape index (κ3) is 2.49. The highest BCUT2D eigenvalue weighted by atomic mass is 35.5. The molecule has 0 atom stereocenters. The summed E-state index contributed by atoms with van der Waals surface area (Å²) in [6.45, 7) is 0. The molecule has 0 spiro atoms. The zero-order chi connectivity index (χ0) is 16.5. The highest BCUT2D eigenvalue weighted by Gasteiger charge is 2.13. The van der Waals surface area contributed by atoms with Crippen LogP contribution in [-0.4, -0.2) is 26.9 Å². The minimum absolute atomic E-state index is 0.393. The first kappa shape index (κ1) is 14.7. The van der Waals surface area contributed by atoms with E-state index >= 15 is 0 Å². The van der Waals surface area contributed by atoms with Gasteiger partial charge in [0.2, 0.25) is 0 Å². The lowest BCUT2D eigenvalue weighted by Crippen LogP contribution is -1.97. The molecule has 0 aliphatic heterocycles. The van der Waals surface area contributed by atoms with E-state index in [2.05, 4.69) is 15.3 Å². The molecule has 0 saturated carbocycles. The quantitative estimate of drug-likeness (QED) is 0.564. The Kier molecular flexibility index (Phi) is 3.63. The van der Waals surface area contributed by atoms with Gasteiger partial charge in [0.15, 0.2) is 16.6 Å². The standard InChI is InChI=1S/C18H13ClN4O/c1-24-14-9-7-12(8-10-14)15-11-16-20-21-18(23(16)22-17(15)19)13-5-3-2-4-6-13/h2-11H,1H3. The molecule has 0 amide bonds. The Labute approximate surface area is 143 Å². The van der Waals surface area contributed by atoms with Gasteiger partial charge in [-0.15, -0.1) is 10.2 Å². The Hall–Kier alpha value is -2.92. The highest BCUT2D eigenvalue weighted by Crippen LogP contribution is 2.29. The van der Waals surface area contributed by atoms with Crippen LogP contribution >= 0.6 is 11.6 Å². The van der Waals surface area contributed by atoms with Crippen molar-refractivity contribution in [3.05, 3.63) is 65.8 Å². The minimum Gasteiger partial charge on any atom is -0.497 e. The Morgan fingerprint density at radius 3 is 2.38 bits per heavy atom. The largest absolute Gasteiger partial charge is 0.497 e. The van der Waals surface area contributed by atoms with Crippen LogP contribution in [0, 0.1) is 0 Å². The molecule has 0 aliphatic carbocycles. The van der Waals surface area contributed by atoms with Gasteiger partial charge in [-0.25, -0.2) is 0 Å². The van der Waals surface area contributed by atoms with Gasteiger partial charge in [-0.3, -0.25) is 0 Å². The Balaban J connectivity index is 1.84. The zero-order valence-corrected chi connectivity index (χ0v) is 13.6. The van der Waals surface area contributed by atoms with Crippen molar-refractivity contribution >= 4 is 17.2 Å². The van der Waals surface area contributed by atoms with Gasteiger partial charge in [0.05, 0.1) is 7.11 Å². The molecule has 0 aliphatic rings. The summed E-state index contributed by atoms with van der Waals surface area (Å²) in [6.07, 6.45) is 0. The Morgan fingerprint density at radius 2 is 1.67 bits per heavy atom. The SMILES string of the molecule is COc1ccc(-c2cc3nnc(-c4ccccc4)n3nc2Cl)cc1. The molecular weight excluding hydrogens is 324 g/mol. The van der Waals surface area contributed by atoms with Crippen molar-refractivity contribution in [2.24, 2.45) is 0 Å². The van der Waals surface area contributed by atoms with Crippen LogP contribution in [0.1, 0.15) is 0 Å². The normalized spacial score (nSPS) is 10.9. The van der Waals surface area contributed by atoms with E-state index in [1.54, 1.807) is 11.6 Å². The lowest BCUT2D eigenvalue weighted by molar-refractivity contribution is 0.415. The van der Waals surface area contributed by atoms with Crippen molar-refractivity contribution in [1.82, 2.24) is 19.8 Å². The van der Waals surface area contributed by atoms with Crippen LogP contribution < -0.4 is 4.74 Å². The average molecular weight is 337 g/mol. The van der Waals surface area contributed by atoms with E-state index in [-0.39, 0.29) is 0 Å². The molecule has 0 N–H and O–H groups in total. The van der Waals surface area contributed by atoms with Crippen molar-refractivity contribution in [3.63, 3.8) is 0 Å². The van der Waals surface area contributed by atoms with Crippen LogP contribution in [0.15, 0.2) is 60.7 Å². The predicted molar refractivity (Wildman–Crippen MR) is 93.2 cm³/mol. The van der Waals surface area contributed by atoms with Crippen LogP contribution in [0.25, 0.3) is 28.2 Å². The maximum Gasteiger partial charge on any atom is 0.185 e. The van der Waals surface area contributed by atoms with Crippen LogP contribution in [0.4, 0.5) is 0 Å². The minimum atomic E-state index is 0.393. The molecule has 6 heteroatoms. The third-order valence-corrected chi connectivity index (χ3v) is 4.06. The van der Waals surface area contributed by atoms with Gasteiger partial charge in [0.25, 0.3) is 0 Å². The molecule has 2 heterocycles. The first-order chi connectivity index (χ1) is 11.8. The van der Waals surface area contributed by atoms with E-state index in [0.29, 0.717) is 16.6 Å². The van der Waals surface area contributed by atoms with Gasteiger partial charge in [0, 0.05) is 11.1 Å². The number of aromatic nitrogens is 4. The number of halogens is 1. The van der Waals surface area contributed by atoms with Gasteiger partial charge in [0.1, 0.15) is 5.75 Å². The summed E-state index contributed by atoms with van der Waals surface area (Å²) in [4.78, 5) is 0. The molecule has 0 radical (unpaired) electrons. The van der Waals surface area contributed by atoms with E-state index < -0.39 is 0 Å². The first-order valence-corrected chi connectivity index (χ1v) is 7.76.